The second kappa shape index (κ2) is 9.04. The molecule has 2 aromatic rings. The standard InChI is InChI=1S/C18H17IO4S3/c19-15-3-1-11(9-13(15)17-20-5-6-21-17)25-26-12-2-4-16(24)14(10-12)18-22-7-8-23-18/h1-4,9-10,17-18,24H,5-8H2. The summed E-state index contributed by atoms with van der Waals surface area (Å²) in [7, 11) is 3.41. The Balaban J connectivity index is 1.47. The van der Waals surface area contributed by atoms with Crippen LogP contribution in [-0.2, 0) is 18.9 Å². The third-order valence-electron chi connectivity index (χ3n) is 3.95. The van der Waals surface area contributed by atoms with Gasteiger partial charge >= 0.3 is 0 Å². The Kier molecular flexibility index (Phi) is 6.74. The smallest absolute Gasteiger partial charge is 0.185 e. The molecule has 2 aromatic carbocycles. The third-order valence-corrected chi connectivity index (χ3v) is 7.72. The first-order valence-electron chi connectivity index (χ1n) is 8.14. The summed E-state index contributed by atoms with van der Waals surface area (Å²) in [5, 5.41) is 0. The van der Waals surface area contributed by atoms with Crippen LogP contribution in [0.4, 0.5) is 0 Å². The van der Waals surface area contributed by atoms with Crippen LogP contribution in [0.5, 0.6) is 0 Å². The van der Waals surface area contributed by atoms with E-state index in [1.807, 2.05) is 6.07 Å². The number of rotatable bonds is 5. The molecule has 0 unspecified atom stereocenters. The monoisotopic (exact) mass is 520 g/mol. The molecule has 0 spiro atoms. The van der Waals surface area contributed by atoms with Crippen LogP contribution in [0.2, 0.25) is 0 Å². The molecule has 2 heterocycles. The van der Waals surface area contributed by atoms with Gasteiger partial charge in [0.2, 0.25) is 0 Å². The fraction of sp³-hybridized carbons (Fsp3) is 0.333. The zero-order valence-electron chi connectivity index (χ0n) is 13.7. The van der Waals surface area contributed by atoms with E-state index in [9.17, 15) is 0 Å². The molecule has 0 bridgehead atoms. The van der Waals surface area contributed by atoms with Crippen molar-refractivity contribution in [3.63, 3.8) is 0 Å². The van der Waals surface area contributed by atoms with Gasteiger partial charge in [0.1, 0.15) is 0 Å². The van der Waals surface area contributed by atoms with Crippen molar-refractivity contribution in [3.05, 3.63) is 51.1 Å². The lowest BCUT2D eigenvalue weighted by Gasteiger charge is -2.14. The Morgan fingerprint density at radius 2 is 1.27 bits per heavy atom. The SMILES string of the molecule is Sc1ccc(SSc2ccc(I)c(C3OCCO3)c2)cc1C1OCCO1. The van der Waals surface area contributed by atoms with Gasteiger partial charge in [-0.05, 0) is 59.0 Å². The molecule has 0 radical (unpaired) electrons. The predicted octanol–water partition coefficient (Wildman–Crippen LogP) is 5.47. The lowest BCUT2D eigenvalue weighted by atomic mass is 10.2. The first-order valence-corrected chi connectivity index (χ1v) is 11.8. The molecule has 2 aliphatic heterocycles. The first-order chi connectivity index (χ1) is 12.7. The van der Waals surface area contributed by atoms with Crippen LogP contribution in [0.25, 0.3) is 0 Å². The molecule has 0 aromatic heterocycles. The summed E-state index contributed by atoms with van der Waals surface area (Å²) in [6.45, 7) is 2.55. The van der Waals surface area contributed by atoms with Gasteiger partial charge in [-0.2, -0.15) is 0 Å². The molecule has 4 nitrogen and oxygen atoms in total. The van der Waals surface area contributed by atoms with Crippen molar-refractivity contribution in [1.82, 2.24) is 0 Å². The molecule has 4 rings (SSSR count). The van der Waals surface area contributed by atoms with Gasteiger partial charge in [0.15, 0.2) is 12.6 Å². The lowest BCUT2D eigenvalue weighted by molar-refractivity contribution is -0.0461. The van der Waals surface area contributed by atoms with Crippen LogP contribution in [0.1, 0.15) is 23.7 Å². The van der Waals surface area contributed by atoms with Crippen molar-refractivity contribution in [2.24, 2.45) is 0 Å². The molecular formula is C18H17IO4S3. The maximum Gasteiger partial charge on any atom is 0.185 e. The molecule has 8 heteroatoms. The summed E-state index contributed by atoms with van der Waals surface area (Å²) in [4.78, 5) is 3.18. The molecule has 138 valence electrons. The Bertz CT molecular complexity index is 712. The van der Waals surface area contributed by atoms with E-state index in [1.165, 1.54) is 0 Å². The Labute approximate surface area is 179 Å². The lowest BCUT2D eigenvalue weighted by Crippen LogP contribution is -2.00. The summed E-state index contributed by atoms with van der Waals surface area (Å²) < 4.78 is 23.7. The highest BCUT2D eigenvalue weighted by atomic mass is 127. The summed E-state index contributed by atoms with van der Waals surface area (Å²) in [6, 6.07) is 12.5. The van der Waals surface area contributed by atoms with Crippen LogP contribution < -0.4 is 0 Å². The Morgan fingerprint density at radius 1 is 0.769 bits per heavy atom. The number of hydrogen-bond donors (Lipinski definition) is 1. The molecule has 2 fully saturated rings. The van der Waals surface area contributed by atoms with Gasteiger partial charge in [0, 0.05) is 29.4 Å². The van der Waals surface area contributed by atoms with E-state index < -0.39 is 0 Å². The highest BCUT2D eigenvalue weighted by Crippen LogP contribution is 2.41. The molecule has 0 atom stereocenters. The average molecular weight is 520 g/mol. The summed E-state index contributed by atoms with van der Waals surface area (Å²) in [6.07, 6.45) is -0.561. The number of halogens is 1. The fourth-order valence-electron chi connectivity index (χ4n) is 2.70. The third kappa shape index (κ3) is 4.54. The van der Waals surface area contributed by atoms with Crippen molar-refractivity contribution in [3.8, 4) is 0 Å². The van der Waals surface area contributed by atoms with Crippen molar-refractivity contribution in [2.45, 2.75) is 27.3 Å². The van der Waals surface area contributed by atoms with Gasteiger partial charge in [-0.3, -0.25) is 0 Å². The maximum atomic E-state index is 5.64. The molecule has 2 aliphatic rings. The van der Waals surface area contributed by atoms with Crippen LogP contribution in [0.15, 0.2) is 51.1 Å². The van der Waals surface area contributed by atoms with E-state index in [1.54, 1.807) is 21.6 Å². The Hall–Kier alpha value is 0.0600. The van der Waals surface area contributed by atoms with Gasteiger partial charge in [-0.25, -0.2) is 0 Å². The summed E-state index contributed by atoms with van der Waals surface area (Å²) in [5.41, 5.74) is 2.07. The van der Waals surface area contributed by atoms with Crippen LogP contribution in [-0.4, -0.2) is 26.4 Å². The summed E-state index contributed by atoms with van der Waals surface area (Å²) in [5.74, 6) is 0. The minimum Gasteiger partial charge on any atom is -0.346 e. The van der Waals surface area contributed by atoms with Crippen LogP contribution in [0.3, 0.4) is 0 Å². The number of ether oxygens (including phenoxy) is 4. The molecule has 26 heavy (non-hydrogen) atoms. The van der Waals surface area contributed by atoms with E-state index in [0.29, 0.717) is 26.4 Å². The Morgan fingerprint density at radius 3 is 1.88 bits per heavy atom. The molecule has 0 saturated carbocycles. The zero-order valence-corrected chi connectivity index (χ0v) is 18.4. The van der Waals surface area contributed by atoms with Crippen molar-refractivity contribution in [2.75, 3.05) is 26.4 Å². The fourth-order valence-corrected chi connectivity index (χ4v) is 5.52. The largest absolute Gasteiger partial charge is 0.346 e. The highest BCUT2D eigenvalue weighted by Gasteiger charge is 2.22. The van der Waals surface area contributed by atoms with Crippen molar-refractivity contribution >= 4 is 56.8 Å². The van der Waals surface area contributed by atoms with Gasteiger partial charge < -0.3 is 18.9 Å². The molecular weight excluding hydrogens is 503 g/mol. The highest BCUT2D eigenvalue weighted by molar-refractivity contribution is 14.1. The second-order valence-electron chi connectivity index (χ2n) is 5.72. The number of thiol groups is 1. The van der Waals surface area contributed by atoms with E-state index >= 15 is 0 Å². The minimum atomic E-state index is -0.311. The van der Waals surface area contributed by atoms with Crippen LogP contribution in [0, 0.1) is 3.57 Å². The molecule has 0 aliphatic carbocycles. The number of hydrogen-bond acceptors (Lipinski definition) is 7. The quantitative estimate of drug-likeness (QED) is 0.320. The zero-order chi connectivity index (χ0) is 17.9. The van der Waals surface area contributed by atoms with Gasteiger partial charge in [-0.1, -0.05) is 21.6 Å². The first kappa shape index (κ1) is 19.4. The van der Waals surface area contributed by atoms with E-state index in [0.717, 1.165) is 29.4 Å². The topological polar surface area (TPSA) is 36.9 Å². The normalized spacial score (nSPS) is 18.7. The van der Waals surface area contributed by atoms with Gasteiger partial charge in [0.05, 0.1) is 26.4 Å². The molecule has 2 saturated heterocycles. The molecule has 0 amide bonds. The molecule has 0 N–H and O–H groups in total. The summed E-state index contributed by atoms with van der Waals surface area (Å²) >= 11 is 6.85. The number of benzene rings is 2. The van der Waals surface area contributed by atoms with E-state index in [-0.39, 0.29) is 12.6 Å². The van der Waals surface area contributed by atoms with Crippen molar-refractivity contribution < 1.29 is 18.9 Å². The maximum absolute atomic E-state index is 5.64. The second-order valence-corrected chi connectivity index (χ2v) is 9.64. The van der Waals surface area contributed by atoms with E-state index in [4.69, 9.17) is 18.9 Å². The minimum absolute atomic E-state index is 0.251. The van der Waals surface area contributed by atoms with Gasteiger partial charge in [-0.15, -0.1) is 12.6 Å². The van der Waals surface area contributed by atoms with E-state index in [2.05, 4.69) is 65.6 Å². The average Bonchev–Trinajstić information content (AvgIpc) is 3.36. The van der Waals surface area contributed by atoms with Crippen LogP contribution >= 0.6 is 56.8 Å². The van der Waals surface area contributed by atoms with Crippen molar-refractivity contribution in [1.29, 1.82) is 0 Å². The predicted molar refractivity (Wildman–Crippen MR) is 114 cm³/mol. The van der Waals surface area contributed by atoms with Gasteiger partial charge in [0.25, 0.3) is 0 Å².